The van der Waals surface area contributed by atoms with Gasteiger partial charge in [0.25, 0.3) is 0 Å². The second kappa shape index (κ2) is 12.7. The number of nitrogens with zero attached hydrogens (tertiary/aromatic N) is 1. The number of hydrogen-bond donors (Lipinski definition) is 2. The number of carbonyl (C=O) groups excluding carboxylic acids is 2. The lowest BCUT2D eigenvalue weighted by molar-refractivity contribution is -0.139. The number of ether oxygens (including phenoxy) is 2. The molecule has 0 fully saturated rings. The number of amides is 2. The van der Waals surface area contributed by atoms with Gasteiger partial charge in [0.1, 0.15) is 6.61 Å². The smallest absolute Gasteiger partial charge is 0.329 e. The highest BCUT2D eigenvalue weighted by molar-refractivity contribution is 9.10. The predicted molar refractivity (Wildman–Crippen MR) is 140 cm³/mol. The van der Waals surface area contributed by atoms with Crippen molar-refractivity contribution in [3.8, 4) is 11.5 Å². The van der Waals surface area contributed by atoms with Crippen LogP contribution in [-0.2, 0) is 22.7 Å². The molecule has 35 heavy (non-hydrogen) atoms. The number of rotatable bonds is 9. The van der Waals surface area contributed by atoms with Gasteiger partial charge in [0.05, 0.1) is 13.3 Å². The first-order valence-corrected chi connectivity index (χ1v) is 11.9. The van der Waals surface area contributed by atoms with E-state index < -0.39 is 11.8 Å². The fourth-order valence-corrected chi connectivity index (χ4v) is 3.44. The Morgan fingerprint density at radius 2 is 1.66 bits per heavy atom. The third-order valence-corrected chi connectivity index (χ3v) is 5.73. The van der Waals surface area contributed by atoms with Crippen LogP contribution in [0.1, 0.15) is 42.0 Å². The monoisotopic (exact) mass is 537 g/mol. The van der Waals surface area contributed by atoms with Crippen molar-refractivity contribution < 1.29 is 19.1 Å². The molecule has 0 radical (unpaired) electrons. The van der Waals surface area contributed by atoms with Gasteiger partial charge in [-0.2, -0.15) is 5.10 Å². The number of nitrogens with one attached hydrogen (secondary N) is 2. The van der Waals surface area contributed by atoms with E-state index >= 15 is 0 Å². The van der Waals surface area contributed by atoms with Crippen molar-refractivity contribution in [2.75, 3.05) is 7.11 Å². The molecule has 3 rings (SSSR count). The van der Waals surface area contributed by atoms with Gasteiger partial charge in [0, 0.05) is 16.6 Å². The van der Waals surface area contributed by atoms with Crippen LogP contribution >= 0.6 is 15.9 Å². The van der Waals surface area contributed by atoms with Crippen LogP contribution in [0.5, 0.6) is 11.5 Å². The minimum Gasteiger partial charge on any atom is -0.493 e. The number of para-hydroxylation sites is 1. The molecule has 3 aromatic rings. The number of benzene rings is 3. The van der Waals surface area contributed by atoms with Crippen LogP contribution in [0, 0.1) is 0 Å². The molecule has 2 N–H and O–H groups in total. The van der Waals surface area contributed by atoms with Gasteiger partial charge < -0.3 is 14.8 Å². The van der Waals surface area contributed by atoms with Crippen LogP contribution in [0.25, 0.3) is 0 Å². The second-order valence-corrected chi connectivity index (χ2v) is 8.99. The maximum Gasteiger partial charge on any atom is 0.329 e. The summed E-state index contributed by atoms with van der Waals surface area (Å²) in [4.78, 5) is 24.3. The van der Waals surface area contributed by atoms with E-state index in [1.165, 1.54) is 11.8 Å². The predicted octanol–water partition coefficient (Wildman–Crippen LogP) is 4.93. The van der Waals surface area contributed by atoms with Crippen molar-refractivity contribution in [1.82, 2.24) is 10.7 Å². The molecule has 7 nitrogen and oxygen atoms in total. The summed E-state index contributed by atoms with van der Waals surface area (Å²) in [6.07, 6.45) is 1.41. The first-order valence-electron chi connectivity index (χ1n) is 11.1. The highest BCUT2D eigenvalue weighted by atomic mass is 79.9. The van der Waals surface area contributed by atoms with Gasteiger partial charge in [0.15, 0.2) is 11.5 Å². The fourth-order valence-electron chi connectivity index (χ4n) is 3.18. The van der Waals surface area contributed by atoms with Gasteiger partial charge in [-0.3, -0.25) is 9.59 Å². The molecule has 0 aliphatic heterocycles. The van der Waals surface area contributed by atoms with E-state index in [4.69, 9.17) is 9.47 Å². The third kappa shape index (κ3) is 7.68. The second-order valence-electron chi connectivity index (χ2n) is 8.07. The minimum absolute atomic E-state index is 0.248. The van der Waals surface area contributed by atoms with Gasteiger partial charge in [-0.1, -0.05) is 72.2 Å². The molecule has 2 amide bonds. The summed E-state index contributed by atoms with van der Waals surface area (Å²) in [7, 11) is 1.55. The van der Waals surface area contributed by atoms with E-state index in [-0.39, 0.29) is 6.54 Å². The van der Waals surface area contributed by atoms with Crippen LogP contribution in [-0.4, -0.2) is 25.1 Å². The molecule has 3 aromatic carbocycles. The number of hydrogen-bond acceptors (Lipinski definition) is 5. The zero-order chi connectivity index (χ0) is 25.2. The SMILES string of the molecule is COc1cccc(/C=N\NC(=O)C(=O)NCc2ccc(C(C)C)cc2)c1OCc1ccc(Br)cc1. The van der Waals surface area contributed by atoms with Crippen LogP contribution in [0.15, 0.2) is 76.3 Å². The number of carbonyl (C=O) groups is 2. The Morgan fingerprint density at radius 3 is 2.31 bits per heavy atom. The summed E-state index contributed by atoms with van der Waals surface area (Å²) >= 11 is 3.41. The van der Waals surface area contributed by atoms with Gasteiger partial charge >= 0.3 is 11.8 Å². The summed E-state index contributed by atoms with van der Waals surface area (Å²) in [5, 5.41) is 6.52. The van der Waals surface area contributed by atoms with E-state index in [1.54, 1.807) is 25.3 Å². The van der Waals surface area contributed by atoms with E-state index in [0.717, 1.165) is 15.6 Å². The normalized spacial score (nSPS) is 10.9. The molecule has 8 heteroatoms. The molecular formula is C27H28BrN3O4. The van der Waals surface area contributed by atoms with Crippen LogP contribution in [0.2, 0.25) is 0 Å². The molecule has 182 valence electrons. The lowest BCUT2D eigenvalue weighted by Crippen LogP contribution is -2.37. The average Bonchev–Trinajstić information content (AvgIpc) is 2.87. The largest absolute Gasteiger partial charge is 0.493 e. The van der Waals surface area contributed by atoms with Crippen molar-refractivity contribution >= 4 is 34.0 Å². The average molecular weight is 538 g/mol. The van der Waals surface area contributed by atoms with Crippen molar-refractivity contribution in [3.05, 3.63) is 93.5 Å². The molecule has 0 bridgehead atoms. The molecule has 0 heterocycles. The summed E-state index contributed by atoms with van der Waals surface area (Å²) < 4.78 is 12.4. The van der Waals surface area contributed by atoms with E-state index in [9.17, 15) is 9.59 Å². The van der Waals surface area contributed by atoms with Crippen molar-refractivity contribution in [2.24, 2.45) is 5.10 Å². The molecule has 0 saturated carbocycles. The Hall–Kier alpha value is -3.65. The van der Waals surface area contributed by atoms with E-state index in [2.05, 4.69) is 45.6 Å². The first-order chi connectivity index (χ1) is 16.9. The standard InChI is InChI=1S/C27H28BrN3O4/c1-18(2)21-11-7-19(8-12-21)15-29-26(32)27(33)31-30-16-22-5-4-6-24(34-3)25(22)35-17-20-9-13-23(28)14-10-20/h4-14,16,18H,15,17H2,1-3H3,(H,29,32)(H,31,33)/b30-16-. The summed E-state index contributed by atoms with van der Waals surface area (Å²) in [5.74, 6) is -0.199. The van der Waals surface area contributed by atoms with Gasteiger partial charge in [0.2, 0.25) is 0 Å². The lowest BCUT2D eigenvalue weighted by atomic mass is 10.0. The maximum atomic E-state index is 12.1. The topological polar surface area (TPSA) is 89.0 Å². The number of halogens is 1. The highest BCUT2D eigenvalue weighted by Gasteiger charge is 2.13. The molecule has 0 aliphatic carbocycles. The lowest BCUT2D eigenvalue weighted by Gasteiger charge is -2.13. The molecule has 0 aromatic heterocycles. The fraction of sp³-hybridized carbons (Fsp3) is 0.222. The Morgan fingerprint density at radius 1 is 0.971 bits per heavy atom. The first kappa shape index (κ1) is 26.0. The van der Waals surface area contributed by atoms with Crippen molar-refractivity contribution in [1.29, 1.82) is 0 Å². The van der Waals surface area contributed by atoms with Crippen LogP contribution in [0.4, 0.5) is 0 Å². The van der Waals surface area contributed by atoms with Gasteiger partial charge in [-0.05, 0) is 46.9 Å². The minimum atomic E-state index is -0.861. The quantitative estimate of drug-likeness (QED) is 0.230. The molecule has 0 saturated heterocycles. The summed E-state index contributed by atoms with van der Waals surface area (Å²) in [6, 6.07) is 21.0. The van der Waals surface area contributed by atoms with Gasteiger partial charge in [-0.15, -0.1) is 0 Å². The maximum absolute atomic E-state index is 12.1. The number of hydrazone groups is 1. The zero-order valence-electron chi connectivity index (χ0n) is 19.9. The van der Waals surface area contributed by atoms with E-state index in [0.29, 0.717) is 29.6 Å². The Balaban J connectivity index is 1.57. The molecular weight excluding hydrogens is 510 g/mol. The molecule has 0 atom stereocenters. The zero-order valence-corrected chi connectivity index (χ0v) is 21.5. The summed E-state index contributed by atoms with van der Waals surface area (Å²) in [5.41, 5.74) is 5.94. The van der Waals surface area contributed by atoms with Crippen molar-refractivity contribution in [3.63, 3.8) is 0 Å². The van der Waals surface area contributed by atoms with Crippen LogP contribution in [0.3, 0.4) is 0 Å². The Bertz CT molecular complexity index is 1180. The Kier molecular flexibility index (Phi) is 9.43. The molecule has 0 aliphatic rings. The highest BCUT2D eigenvalue weighted by Crippen LogP contribution is 2.31. The Labute approximate surface area is 213 Å². The van der Waals surface area contributed by atoms with Crippen LogP contribution < -0.4 is 20.2 Å². The van der Waals surface area contributed by atoms with E-state index in [1.807, 2.05) is 48.5 Å². The summed E-state index contributed by atoms with van der Waals surface area (Å²) in [6.45, 7) is 4.80. The molecule has 0 unspecified atom stereocenters. The van der Waals surface area contributed by atoms with Gasteiger partial charge in [-0.25, -0.2) is 5.43 Å². The third-order valence-electron chi connectivity index (χ3n) is 5.20. The molecule has 0 spiro atoms. The number of methoxy groups -OCH3 is 1. The van der Waals surface area contributed by atoms with Crippen molar-refractivity contribution in [2.45, 2.75) is 32.9 Å².